The molecule has 0 bridgehead atoms. The highest BCUT2D eigenvalue weighted by Gasteiger charge is 2.18. The molecule has 1 fully saturated rings. The highest BCUT2D eigenvalue weighted by atomic mass is 16.3. The van der Waals surface area contributed by atoms with E-state index in [2.05, 4.69) is 43.4 Å². The zero-order valence-electron chi connectivity index (χ0n) is 12.2. The largest absolute Gasteiger partial charge is 0.391 e. The lowest BCUT2D eigenvalue weighted by atomic mass is 10.00. The molecule has 2 rings (SSSR count). The second kappa shape index (κ2) is 6.95. The fourth-order valence-corrected chi connectivity index (χ4v) is 2.96. The molecular weight excluding hydrogens is 234 g/mol. The van der Waals surface area contributed by atoms with Crippen LogP contribution in [0.5, 0.6) is 0 Å². The van der Waals surface area contributed by atoms with Crippen LogP contribution in [0.4, 0.5) is 5.69 Å². The Labute approximate surface area is 117 Å². The van der Waals surface area contributed by atoms with Gasteiger partial charge in [-0.15, -0.1) is 0 Å². The van der Waals surface area contributed by atoms with Crippen LogP contribution in [-0.4, -0.2) is 17.8 Å². The lowest BCUT2D eigenvalue weighted by Gasteiger charge is -2.17. The molecule has 0 radical (unpaired) electrons. The number of hydrogen-bond donors (Lipinski definition) is 2. The van der Waals surface area contributed by atoms with Crippen molar-refractivity contribution in [3.63, 3.8) is 0 Å². The molecule has 0 aliphatic heterocycles. The summed E-state index contributed by atoms with van der Waals surface area (Å²) < 4.78 is 0. The van der Waals surface area contributed by atoms with Crippen molar-refractivity contribution in [3.05, 3.63) is 29.8 Å². The fourth-order valence-electron chi connectivity index (χ4n) is 2.96. The van der Waals surface area contributed by atoms with Crippen molar-refractivity contribution in [2.75, 3.05) is 11.9 Å². The third kappa shape index (κ3) is 4.54. The van der Waals surface area contributed by atoms with E-state index in [1.165, 1.54) is 31.2 Å². The maximum atomic E-state index is 10.1. The van der Waals surface area contributed by atoms with Crippen LogP contribution in [0.25, 0.3) is 0 Å². The predicted octanol–water partition coefficient (Wildman–Crippen LogP) is 4.16. The van der Waals surface area contributed by atoms with Crippen LogP contribution in [0.1, 0.15) is 57.4 Å². The van der Waals surface area contributed by atoms with Crippen molar-refractivity contribution in [3.8, 4) is 0 Å². The van der Waals surface area contributed by atoms with Crippen molar-refractivity contribution in [1.29, 1.82) is 0 Å². The number of aliphatic hydroxyl groups excluding tert-OH is 1. The number of anilines is 1. The van der Waals surface area contributed by atoms with Crippen LogP contribution in [-0.2, 0) is 0 Å². The van der Waals surface area contributed by atoms with Gasteiger partial charge in [0.2, 0.25) is 0 Å². The van der Waals surface area contributed by atoms with Crippen LogP contribution in [0.3, 0.4) is 0 Å². The molecule has 1 aromatic carbocycles. The summed E-state index contributed by atoms with van der Waals surface area (Å²) >= 11 is 0. The third-order valence-electron chi connectivity index (χ3n) is 4.18. The van der Waals surface area contributed by atoms with Gasteiger partial charge in [0.25, 0.3) is 0 Å². The summed E-state index contributed by atoms with van der Waals surface area (Å²) in [7, 11) is 0. The van der Waals surface area contributed by atoms with Gasteiger partial charge in [-0.05, 0) is 36.0 Å². The minimum atomic E-state index is -0.217. The van der Waals surface area contributed by atoms with Gasteiger partial charge in [0.15, 0.2) is 0 Å². The van der Waals surface area contributed by atoms with Crippen molar-refractivity contribution in [2.45, 2.75) is 58.0 Å². The van der Waals surface area contributed by atoms with Gasteiger partial charge in [-0.2, -0.15) is 0 Å². The summed E-state index contributed by atoms with van der Waals surface area (Å²) in [5.74, 6) is 1.30. The predicted molar refractivity (Wildman–Crippen MR) is 81.6 cm³/mol. The summed E-state index contributed by atoms with van der Waals surface area (Å²) in [6, 6.07) is 8.51. The molecule has 106 valence electrons. The molecular formula is C17H27NO. The van der Waals surface area contributed by atoms with Crippen molar-refractivity contribution in [1.82, 2.24) is 0 Å². The van der Waals surface area contributed by atoms with E-state index in [0.717, 1.165) is 18.0 Å². The third-order valence-corrected chi connectivity index (χ3v) is 4.18. The molecule has 1 atom stereocenters. The summed E-state index contributed by atoms with van der Waals surface area (Å²) in [6.07, 6.45) is 6.05. The number of hydrogen-bond acceptors (Lipinski definition) is 2. The second-order valence-corrected chi connectivity index (χ2v) is 6.20. The zero-order chi connectivity index (χ0) is 13.7. The molecule has 1 aromatic rings. The van der Waals surface area contributed by atoms with Crippen LogP contribution in [0, 0.1) is 5.92 Å². The average molecular weight is 261 g/mol. The zero-order valence-corrected chi connectivity index (χ0v) is 12.2. The fraction of sp³-hybridized carbons (Fsp3) is 0.647. The van der Waals surface area contributed by atoms with Gasteiger partial charge in [-0.1, -0.05) is 51.7 Å². The van der Waals surface area contributed by atoms with Crippen LogP contribution in [0.2, 0.25) is 0 Å². The summed E-state index contributed by atoms with van der Waals surface area (Å²) in [4.78, 5) is 0. The van der Waals surface area contributed by atoms with Crippen molar-refractivity contribution in [2.24, 2.45) is 5.92 Å². The molecule has 0 aromatic heterocycles. The Bertz CT molecular complexity index is 383. The maximum Gasteiger partial charge on any atom is 0.0715 e. The van der Waals surface area contributed by atoms with E-state index in [0.29, 0.717) is 12.5 Å². The Morgan fingerprint density at radius 1 is 1.26 bits per heavy atom. The topological polar surface area (TPSA) is 32.3 Å². The van der Waals surface area contributed by atoms with Gasteiger partial charge in [0.05, 0.1) is 6.10 Å². The first-order valence-electron chi connectivity index (χ1n) is 7.67. The molecule has 19 heavy (non-hydrogen) atoms. The molecule has 1 aliphatic rings. The molecule has 1 saturated carbocycles. The molecule has 0 heterocycles. The molecule has 1 aliphatic carbocycles. The van der Waals surface area contributed by atoms with Gasteiger partial charge >= 0.3 is 0 Å². The Kier molecular flexibility index (Phi) is 5.26. The molecule has 0 saturated heterocycles. The summed E-state index contributed by atoms with van der Waals surface area (Å²) in [5, 5.41) is 13.5. The molecule has 2 nitrogen and oxygen atoms in total. The smallest absolute Gasteiger partial charge is 0.0715 e. The highest BCUT2D eigenvalue weighted by molar-refractivity contribution is 5.46. The minimum Gasteiger partial charge on any atom is -0.391 e. The Hall–Kier alpha value is -1.02. The quantitative estimate of drug-likeness (QED) is 0.805. The SMILES string of the molecule is CC(C)c1cccc(NCC(O)CC2CCCC2)c1. The molecule has 0 amide bonds. The lowest BCUT2D eigenvalue weighted by molar-refractivity contribution is 0.155. The molecule has 0 spiro atoms. The van der Waals surface area contributed by atoms with Crippen molar-refractivity contribution < 1.29 is 5.11 Å². The summed E-state index contributed by atoms with van der Waals surface area (Å²) in [5.41, 5.74) is 2.46. The van der Waals surface area contributed by atoms with Crippen LogP contribution in [0.15, 0.2) is 24.3 Å². The molecule has 2 heteroatoms. The van der Waals surface area contributed by atoms with E-state index in [4.69, 9.17) is 0 Å². The maximum absolute atomic E-state index is 10.1. The van der Waals surface area contributed by atoms with E-state index in [1.807, 2.05) is 0 Å². The van der Waals surface area contributed by atoms with Crippen LogP contribution >= 0.6 is 0 Å². The first kappa shape index (κ1) is 14.4. The number of benzene rings is 1. The van der Waals surface area contributed by atoms with E-state index >= 15 is 0 Å². The molecule has 2 N–H and O–H groups in total. The van der Waals surface area contributed by atoms with Gasteiger partial charge in [0.1, 0.15) is 0 Å². The van der Waals surface area contributed by atoms with E-state index in [9.17, 15) is 5.11 Å². The van der Waals surface area contributed by atoms with Gasteiger partial charge < -0.3 is 10.4 Å². The lowest BCUT2D eigenvalue weighted by Crippen LogP contribution is -2.22. The first-order valence-corrected chi connectivity index (χ1v) is 7.67. The monoisotopic (exact) mass is 261 g/mol. The van der Waals surface area contributed by atoms with Gasteiger partial charge in [-0.25, -0.2) is 0 Å². The number of aliphatic hydroxyl groups is 1. The number of rotatable bonds is 6. The van der Waals surface area contributed by atoms with Crippen molar-refractivity contribution >= 4 is 5.69 Å². The first-order chi connectivity index (χ1) is 9.15. The van der Waals surface area contributed by atoms with Gasteiger partial charge in [0, 0.05) is 12.2 Å². The Morgan fingerprint density at radius 2 is 2.00 bits per heavy atom. The van der Waals surface area contributed by atoms with E-state index < -0.39 is 0 Å². The highest BCUT2D eigenvalue weighted by Crippen LogP contribution is 2.28. The van der Waals surface area contributed by atoms with E-state index in [1.54, 1.807) is 0 Å². The summed E-state index contributed by atoms with van der Waals surface area (Å²) in [6.45, 7) is 5.07. The standard InChI is InChI=1S/C17H27NO/c1-13(2)15-8-5-9-16(11-15)18-12-17(19)10-14-6-3-4-7-14/h5,8-9,11,13-14,17-19H,3-4,6-7,10,12H2,1-2H3. The minimum absolute atomic E-state index is 0.217. The normalized spacial score (nSPS) is 17.9. The second-order valence-electron chi connectivity index (χ2n) is 6.20. The van der Waals surface area contributed by atoms with Crippen LogP contribution < -0.4 is 5.32 Å². The van der Waals surface area contributed by atoms with Gasteiger partial charge in [-0.3, -0.25) is 0 Å². The Balaban J connectivity index is 1.79. The Morgan fingerprint density at radius 3 is 2.68 bits per heavy atom. The number of nitrogens with one attached hydrogen (secondary N) is 1. The van der Waals surface area contributed by atoms with E-state index in [-0.39, 0.29) is 6.10 Å². The molecule has 1 unspecified atom stereocenters. The average Bonchev–Trinajstić information content (AvgIpc) is 2.89.